The third-order valence-electron chi connectivity index (χ3n) is 4.41. The van der Waals surface area contributed by atoms with E-state index in [9.17, 15) is 0 Å². The highest BCUT2D eigenvalue weighted by molar-refractivity contribution is 6.30. The number of rotatable bonds is 5. The van der Waals surface area contributed by atoms with Gasteiger partial charge >= 0.3 is 0 Å². The summed E-state index contributed by atoms with van der Waals surface area (Å²) in [5.41, 5.74) is 1.45. The van der Waals surface area contributed by atoms with Gasteiger partial charge in [-0.15, -0.1) is 0 Å². The number of nitrogens with one attached hydrogen (secondary N) is 1. The van der Waals surface area contributed by atoms with Crippen LogP contribution in [0, 0.1) is 11.8 Å². The van der Waals surface area contributed by atoms with Crippen LogP contribution < -0.4 is 5.32 Å². The molecule has 100 valence electrons. The summed E-state index contributed by atoms with van der Waals surface area (Å²) >= 11 is 5.97. The molecular formula is C16H24ClN. The van der Waals surface area contributed by atoms with E-state index in [1.165, 1.54) is 18.4 Å². The summed E-state index contributed by atoms with van der Waals surface area (Å²) in [4.78, 5) is 0. The van der Waals surface area contributed by atoms with Crippen LogP contribution in [-0.2, 0) is 0 Å². The predicted molar refractivity (Wildman–Crippen MR) is 79.2 cm³/mol. The molecule has 1 fully saturated rings. The Morgan fingerprint density at radius 1 is 1.17 bits per heavy atom. The van der Waals surface area contributed by atoms with E-state index < -0.39 is 0 Å². The van der Waals surface area contributed by atoms with Gasteiger partial charge in [0.1, 0.15) is 0 Å². The van der Waals surface area contributed by atoms with Crippen LogP contribution >= 0.6 is 11.6 Å². The lowest BCUT2D eigenvalue weighted by Crippen LogP contribution is -2.56. The zero-order chi connectivity index (χ0) is 13.1. The van der Waals surface area contributed by atoms with Crippen LogP contribution in [0.25, 0.3) is 0 Å². The molecule has 1 aliphatic rings. The van der Waals surface area contributed by atoms with Gasteiger partial charge in [-0.1, -0.05) is 50.9 Å². The number of halogens is 1. The van der Waals surface area contributed by atoms with Gasteiger partial charge in [0.05, 0.1) is 0 Å². The van der Waals surface area contributed by atoms with E-state index in [1.807, 2.05) is 12.1 Å². The fraction of sp³-hybridized carbons (Fsp3) is 0.625. The van der Waals surface area contributed by atoms with Crippen LogP contribution in [0.15, 0.2) is 24.3 Å². The maximum atomic E-state index is 5.97. The van der Waals surface area contributed by atoms with E-state index in [1.54, 1.807) is 0 Å². The Morgan fingerprint density at radius 3 is 2.39 bits per heavy atom. The van der Waals surface area contributed by atoms with Crippen LogP contribution in [0.4, 0.5) is 0 Å². The zero-order valence-corrected chi connectivity index (χ0v) is 12.4. The average molecular weight is 266 g/mol. The minimum Gasteiger partial charge on any atom is -0.313 e. The van der Waals surface area contributed by atoms with Gasteiger partial charge in [-0.25, -0.2) is 0 Å². The first-order valence-electron chi connectivity index (χ1n) is 7.17. The molecule has 1 saturated carbocycles. The largest absolute Gasteiger partial charge is 0.313 e. The van der Waals surface area contributed by atoms with Gasteiger partial charge in [0.2, 0.25) is 0 Å². The van der Waals surface area contributed by atoms with Gasteiger partial charge in [-0.05, 0) is 48.4 Å². The Morgan fingerprint density at radius 2 is 1.83 bits per heavy atom. The van der Waals surface area contributed by atoms with Gasteiger partial charge in [0, 0.05) is 11.1 Å². The van der Waals surface area contributed by atoms with E-state index in [0.717, 1.165) is 23.4 Å². The predicted octanol–water partition coefficient (Wildman–Crippen LogP) is 4.47. The molecule has 0 aliphatic heterocycles. The van der Waals surface area contributed by atoms with Crippen molar-refractivity contribution >= 4 is 11.6 Å². The van der Waals surface area contributed by atoms with Gasteiger partial charge in [0.25, 0.3) is 0 Å². The fourth-order valence-corrected chi connectivity index (χ4v) is 3.60. The maximum Gasteiger partial charge on any atom is 0.0406 e. The third-order valence-corrected chi connectivity index (χ3v) is 4.66. The van der Waals surface area contributed by atoms with Crippen LogP contribution in [0.5, 0.6) is 0 Å². The van der Waals surface area contributed by atoms with Crippen molar-refractivity contribution in [1.82, 2.24) is 5.32 Å². The zero-order valence-electron chi connectivity index (χ0n) is 11.6. The molecule has 4 atom stereocenters. The smallest absolute Gasteiger partial charge is 0.0406 e. The van der Waals surface area contributed by atoms with Crippen molar-refractivity contribution in [2.75, 3.05) is 6.54 Å². The van der Waals surface area contributed by atoms with Gasteiger partial charge in [-0.3, -0.25) is 0 Å². The van der Waals surface area contributed by atoms with Crippen LogP contribution in [0.2, 0.25) is 5.02 Å². The minimum atomic E-state index is 0.690. The molecule has 1 aromatic carbocycles. The highest BCUT2D eigenvalue weighted by Crippen LogP contribution is 2.49. The first-order valence-corrected chi connectivity index (χ1v) is 7.55. The SMILES string of the molecule is CCCNC1C(C)C(c2ccc(Cl)cc2)C1CC. The Hall–Kier alpha value is -0.530. The van der Waals surface area contributed by atoms with Gasteiger partial charge < -0.3 is 5.32 Å². The molecule has 0 spiro atoms. The van der Waals surface area contributed by atoms with E-state index in [2.05, 4.69) is 38.2 Å². The summed E-state index contributed by atoms with van der Waals surface area (Å²) < 4.78 is 0. The lowest BCUT2D eigenvalue weighted by Gasteiger charge is -2.51. The topological polar surface area (TPSA) is 12.0 Å². The van der Waals surface area contributed by atoms with E-state index in [-0.39, 0.29) is 0 Å². The monoisotopic (exact) mass is 265 g/mol. The molecule has 4 unspecified atom stereocenters. The van der Waals surface area contributed by atoms with Crippen molar-refractivity contribution in [3.63, 3.8) is 0 Å². The van der Waals surface area contributed by atoms with Crippen molar-refractivity contribution in [3.05, 3.63) is 34.9 Å². The van der Waals surface area contributed by atoms with Gasteiger partial charge in [0.15, 0.2) is 0 Å². The number of hydrogen-bond acceptors (Lipinski definition) is 1. The van der Waals surface area contributed by atoms with Crippen molar-refractivity contribution < 1.29 is 0 Å². The molecule has 0 radical (unpaired) electrons. The Kier molecular flexibility index (Phi) is 4.69. The lowest BCUT2D eigenvalue weighted by atomic mass is 9.58. The Balaban J connectivity index is 2.07. The van der Waals surface area contributed by atoms with E-state index in [4.69, 9.17) is 11.6 Å². The first kappa shape index (κ1) is 13.9. The first-order chi connectivity index (χ1) is 8.69. The third kappa shape index (κ3) is 2.57. The van der Waals surface area contributed by atoms with Crippen LogP contribution in [-0.4, -0.2) is 12.6 Å². The molecular weight excluding hydrogens is 242 g/mol. The summed E-state index contributed by atoms with van der Waals surface area (Å²) in [6, 6.07) is 9.12. The molecule has 0 aromatic heterocycles. The molecule has 0 saturated heterocycles. The van der Waals surface area contributed by atoms with E-state index in [0.29, 0.717) is 12.0 Å². The molecule has 0 amide bonds. The van der Waals surface area contributed by atoms with Crippen LogP contribution in [0.3, 0.4) is 0 Å². The molecule has 18 heavy (non-hydrogen) atoms. The molecule has 1 aromatic rings. The van der Waals surface area contributed by atoms with Crippen molar-refractivity contribution in [3.8, 4) is 0 Å². The molecule has 1 aliphatic carbocycles. The number of benzene rings is 1. The van der Waals surface area contributed by atoms with Crippen LogP contribution in [0.1, 0.15) is 45.1 Å². The summed E-state index contributed by atoms with van der Waals surface area (Å²) in [7, 11) is 0. The highest BCUT2D eigenvalue weighted by atomic mass is 35.5. The molecule has 0 bridgehead atoms. The summed E-state index contributed by atoms with van der Waals surface area (Å²) in [5.74, 6) is 2.19. The Labute approximate surface area is 116 Å². The fourth-order valence-electron chi connectivity index (χ4n) is 3.47. The minimum absolute atomic E-state index is 0.690. The number of hydrogen-bond donors (Lipinski definition) is 1. The molecule has 1 nitrogen and oxygen atoms in total. The molecule has 2 heteroatoms. The average Bonchev–Trinajstić information content (AvgIpc) is 2.38. The highest BCUT2D eigenvalue weighted by Gasteiger charge is 2.46. The summed E-state index contributed by atoms with van der Waals surface area (Å²) in [6.07, 6.45) is 2.46. The quantitative estimate of drug-likeness (QED) is 0.828. The van der Waals surface area contributed by atoms with E-state index >= 15 is 0 Å². The standard InChI is InChI=1S/C16H24ClN/c1-4-10-18-16-11(3)15(14(16)5-2)12-6-8-13(17)9-7-12/h6-9,11,14-16,18H,4-5,10H2,1-3H3. The van der Waals surface area contributed by atoms with Gasteiger partial charge in [-0.2, -0.15) is 0 Å². The lowest BCUT2D eigenvalue weighted by molar-refractivity contribution is 0.0787. The maximum absolute atomic E-state index is 5.97. The second-order valence-corrected chi connectivity index (χ2v) is 5.92. The molecule has 2 rings (SSSR count). The molecule has 0 heterocycles. The Bertz CT molecular complexity index is 373. The van der Waals surface area contributed by atoms with Crippen molar-refractivity contribution in [2.45, 2.75) is 45.6 Å². The second kappa shape index (κ2) is 6.08. The summed E-state index contributed by atoms with van der Waals surface area (Å²) in [6.45, 7) is 8.05. The second-order valence-electron chi connectivity index (χ2n) is 5.49. The normalized spacial score (nSPS) is 31.1. The summed E-state index contributed by atoms with van der Waals surface area (Å²) in [5, 5.41) is 4.54. The van der Waals surface area contributed by atoms with Crippen molar-refractivity contribution in [1.29, 1.82) is 0 Å². The molecule has 1 N–H and O–H groups in total. The van der Waals surface area contributed by atoms with Crippen molar-refractivity contribution in [2.24, 2.45) is 11.8 Å².